The fourth-order valence-corrected chi connectivity index (χ4v) is 3.73. The summed E-state index contributed by atoms with van der Waals surface area (Å²) in [6.07, 6.45) is 1.28. The van der Waals surface area contributed by atoms with E-state index in [1.807, 2.05) is 29.2 Å². The van der Waals surface area contributed by atoms with Gasteiger partial charge in [0.2, 0.25) is 5.91 Å². The van der Waals surface area contributed by atoms with E-state index in [0.717, 1.165) is 42.7 Å². The van der Waals surface area contributed by atoms with E-state index in [-0.39, 0.29) is 12.3 Å². The normalized spacial score (nSPS) is 15.4. The van der Waals surface area contributed by atoms with Gasteiger partial charge in [0.05, 0.1) is 13.1 Å². The van der Waals surface area contributed by atoms with Crippen LogP contribution in [0.5, 0.6) is 0 Å². The maximum absolute atomic E-state index is 12.8. The molecule has 1 fully saturated rings. The van der Waals surface area contributed by atoms with Gasteiger partial charge in [-0.1, -0.05) is 41.1 Å². The first-order chi connectivity index (χ1) is 13.1. The van der Waals surface area contributed by atoms with Crippen LogP contribution < -0.4 is 0 Å². The van der Waals surface area contributed by atoms with E-state index >= 15 is 0 Å². The number of hydrogen-bond acceptors (Lipinski definition) is 4. The molecule has 0 radical (unpaired) electrons. The Labute approximate surface area is 159 Å². The second-order valence-electron chi connectivity index (χ2n) is 7.44. The molecule has 0 atom stereocenters. The maximum atomic E-state index is 12.8. The lowest BCUT2D eigenvalue weighted by Crippen LogP contribution is -2.47. The minimum absolute atomic E-state index is 0.111. The van der Waals surface area contributed by atoms with Crippen LogP contribution in [0.1, 0.15) is 28.8 Å². The molecular weight excluding hydrogens is 338 g/mol. The summed E-state index contributed by atoms with van der Waals surface area (Å²) in [7, 11) is 0. The Morgan fingerprint density at radius 1 is 1.15 bits per heavy atom. The molecule has 1 saturated heterocycles. The number of hydrogen-bond donors (Lipinski definition) is 0. The molecule has 1 aliphatic rings. The maximum Gasteiger partial charge on any atom is 0.229 e. The van der Waals surface area contributed by atoms with Crippen molar-refractivity contribution in [2.75, 3.05) is 19.8 Å². The van der Waals surface area contributed by atoms with Crippen LogP contribution >= 0.6 is 0 Å². The first kappa shape index (κ1) is 17.7. The number of carbonyl (C=O) groups is 1. The lowest BCUT2D eigenvalue weighted by molar-refractivity contribution is -0.134. The first-order valence-electron chi connectivity index (χ1n) is 9.50. The molecule has 0 aliphatic carbocycles. The van der Waals surface area contributed by atoms with E-state index < -0.39 is 0 Å². The average molecular weight is 363 g/mol. The Bertz CT molecular complexity index is 963. The summed E-state index contributed by atoms with van der Waals surface area (Å²) in [4.78, 5) is 17.1. The quantitative estimate of drug-likeness (QED) is 0.709. The molecule has 0 unspecified atom stereocenters. The fraction of sp³-hybridized carbons (Fsp3) is 0.364. The van der Waals surface area contributed by atoms with Crippen molar-refractivity contribution in [2.24, 2.45) is 0 Å². The third-order valence-corrected chi connectivity index (χ3v) is 5.30. The highest BCUT2D eigenvalue weighted by molar-refractivity contribution is 5.86. The van der Waals surface area contributed by atoms with Gasteiger partial charge < -0.3 is 9.42 Å². The number of carbonyl (C=O) groups excluding carboxylic acids is 1. The topological polar surface area (TPSA) is 49.6 Å². The van der Waals surface area contributed by atoms with Crippen molar-refractivity contribution in [3.63, 3.8) is 0 Å². The van der Waals surface area contributed by atoms with Crippen LogP contribution in [0.4, 0.5) is 0 Å². The van der Waals surface area contributed by atoms with E-state index in [4.69, 9.17) is 4.52 Å². The van der Waals surface area contributed by atoms with E-state index in [1.54, 1.807) is 0 Å². The number of benzene rings is 2. The Kier molecular flexibility index (Phi) is 4.94. The molecule has 0 spiro atoms. The Hall–Kier alpha value is -2.66. The number of amides is 1. The smallest absolute Gasteiger partial charge is 0.229 e. The van der Waals surface area contributed by atoms with Gasteiger partial charge in [0.15, 0.2) is 5.58 Å². The summed E-state index contributed by atoms with van der Waals surface area (Å²) in [5.41, 5.74) is 5.38. The molecule has 0 bridgehead atoms. The molecule has 2 heterocycles. The average Bonchev–Trinajstić information content (AvgIpc) is 3.08. The lowest BCUT2D eigenvalue weighted by Gasteiger charge is -2.36. The Morgan fingerprint density at radius 3 is 2.89 bits per heavy atom. The predicted molar refractivity (Wildman–Crippen MR) is 105 cm³/mol. The second-order valence-corrected chi connectivity index (χ2v) is 7.44. The van der Waals surface area contributed by atoms with Gasteiger partial charge in [0, 0.05) is 25.0 Å². The van der Waals surface area contributed by atoms with Gasteiger partial charge in [0.25, 0.3) is 0 Å². The summed E-state index contributed by atoms with van der Waals surface area (Å²) in [6, 6.07) is 14.3. The van der Waals surface area contributed by atoms with Gasteiger partial charge in [-0.05, 0) is 43.5 Å². The molecule has 0 N–H and O–H groups in total. The van der Waals surface area contributed by atoms with E-state index in [2.05, 4.69) is 42.1 Å². The van der Waals surface area contributed by atoms with Crippen molar-refractivity contribution in [3.05, 3.63) is 64.8 Å². The van der Waals surface area contributed by atoms with Gasteiger partial charge in [-0.3, -0.25) is 9.69 Å². The van der Waals surface area contributed by atoms with Gasteiger partial charge in [-0.15, -0.1) is 0 Å². The number of fused-ring (bicyclic) bond motifs is 1. The van der Waals surface area contributed by atoms with Crippen molar-refractivity contribution in [2.45, 2.75) is 33.2 Å². The molecule has 1 aromatic heterocycles. The fourth-order valence-electron chi connectivity index (χ4n) is 3.73. The molecule has 140 valence electrons. The minimum atomic E-state index is 0.111. The molecule has 2 aromatic carbocycles. The highest BCUT2D eigenvalue weighted by atomic mass is 16.5. The zero-order valence-corrected chi connectivity index (χ0v) is 15.9. The highest BCUT2D eigenvalue weighted by Crippen LogP contribution is 2.20. The third kappa shape index (κ3) is 3.88. The summed E-state index contributed by atoms with van der Waals surface area (Å²) < 4.78 is 5.33. The van der Waals surface area contributed by atoms with Crippen LogP contribution in [0, 0.1) is 13.8 Å². The van der Waals surface area contributed by atoms with Crippen molar-refractivity contribution >= 4 is 16.9 Å². The van der Waals surface area contributed by atoms with Crippen LogP contribution in [-0.2, 0) is 17.8 Å². The van der Waals surface area contributed by atoms with Crippen LogP contribution in [0.15, 0.2) is 47.0 Å². The van der Waals surface area contributed by atoms with Crippen molar-refractivity contribution in [3.8, 4) is 0 Å². The SMILES string of the molecule is Cc1ccc(C)c(CN2CCCN(C(=O)Cc3noc4ccccc34)C2)c1. The van der Waals surface area contributed by atoms with E-state index in [0.29, 0.717) is 6.67 Å². The van der Waals surface area contributed by atoms with Crippen molar-refractivity contribution < 1.29 is 9.32 Å². The number of aryl methyl sites for hydroxylation is 2. The second kappa shape index (κ2) is 7.53. The number of nitrogens with zero attached hydrogens (tertiary/aromatic N) is 3. The summed E-state index contributed by atoms with van der Waals surface area (Å²) >= 11 is 0. The molecule has 0 saturated carbocycles. The van der Waals surface area contributed by atoms with Crippen LogP contribution in [0.2, 0.25) is 0 Å². The predicted octanol–water partition coefficient (Wildman–Crippen LogP) is 3.68. The number of rotatable bonds is 4. The third-order valence-electron chi connectivity index (χ3n) is 5.30. The molecule has 27 heavy (non-hydrogen) atoms. The summed E-state index contributed by atoms with van der Waals surface area (Å²) in [5, 5.41) is 5.03. The molecular formula is C22H25N3O2. The summed E-state index contributed by atoms with van der Waals surface area (Å²) in [5.74, 6) is 0.111. The zero-order valence-electron chi connectivity index (χ0n) is 15.9. The minimum Gasteiger partial charge on any atom is -0.356 e. The molecule has 1 amide bonds. The Morgan fingerprint density at radius 2 is 2.00 bits per heavy atom. The van der Waals surface area contributed by atoms with Crippen LogP contribution in [-0.4, -0.2) is 40.6 Å². The van der Waals surface area contributed by atoms with Crippen molar-refractivity contribution in [1.29, 1.82) is 0 Å². The lowest BCUT2D eigenvalue weighted by atomic mass is 10.0. The van der Waals surface area contributed by atoms with Gasteiger partial charge >= 0.3 is 0 Å². The highest BCUT2D eigenvalue weighted by Gasteiger charge is 2.23. The first-order valence-corrected chi connectivity index (χ1v) is 9.50. The van der Waals surface area contributed by atoms with Crippen LogP contribution in [0.3, 0.4) is 0 Å². The molecule has 5 nitrogen and oxygen atoms in total. The standard InChI is InChI=1S/C22H25N3O2/c1-16-8-9-17(2)18(12-16)14-24-10-5-11-25(15-24)22(26)13-20-19-6-3-4-7-21(19)27-23-20/h3-4,6-9,12H,5,10-11,13-15H2,1-2H3. The Balaban J connectivity index is 1.43. The molecule has 1 aliphatic heterocycles. The largest absolute Gasteiger partial charge is 0.356 e. The molecule has 4 rings (SSSR count). The zero-order chi connectivity index (χ0) is 18.8. The number of para-hydroxylation sites is 1. The summed E-state index contributed by atoms with van der Waals surface area (Å²) in [6.45, 7) is 7.64. The van der Waals surface area contributed by atoms with Crippen LogP contribution in [0.25, 0.3) is 11.0 Å². The van der Waals surface area contributed by atoms with Gasteiger partial charge in [-0.2, -0.15) is 0 Å². The van der Waals surface area contributed by atoms with Gasteiger partial charge in [0.1, 0.15) is 5.69 Å². The molecule has 3 aromatic rings. The number of aromatic nitrogens is 1. The monoisotopic (exact) mass is 363 g/mol. The molecule has 5 heteroatoms. The van der Waals surface area contributed by atoms with Crippen molar-refractivity contribution in [1.82, 2.24) is 15.0 Å². The van der Waals surface area contributed by atoms with Gasteiger partial charge in [-0.25, -0.2) is 0 Å². The van der Waals surface area contributed by atoms with E-state index in [1.165, 1.54) is 16.7 Å². The van der Waals surface area contributed by atoms with E-state index in [9.17, 15) is 4.79 Å².